The molecule has 0 spiro atoms. The lowest BCUT2D eigenvalue weighted by Crippen LogP contribution is -2.33. The molecule has 0 radical (unpaired) electrons. The minimum absolute atomic E-state index is 0.0575. The SMILES string of the molecule is CC(CCC(=O)O)NC(=O)CCOc1ccccc1. The Balaban J connectivity index is 2.15. The van der Waals surface area contributed by atoms with Crippen molar-refractivity contribution in [3.8, 4) is 5.75 Å². The summed E-state index contributed by atoms with van der Waals surface area (Å²) in [6.45, 7) is 2.10. The molecule has 0 heterocycles. The summed E-state index contributed by atoms with van der Waals surface area (Å²) in [6, 6.07) is 9.14. The highest BCUT2D eigenvalue weighted by atomic mass is 16.5. The Bertz CT molecular complexity index is 405. The minimum atomic E-state index is -0.853. The highest BCUT2D eigenvalue weighted by Gasteiger charge is 2.09. The molecule has 5 nitrogen and oxygen atoms in total. The van der Waals surface area contributed by atoms with Crippen LogP contribution in [0, 0.1) is 0 Å². The third kappa shape index (κ3) is 7.08. The molecule has 19 heavy (non-hydrogen) atoms. The van der Waals surface area contributed by atoms with Crippen molar-refractivity contribution in [2.24, 2.45) is 0 Å². The van der Waals surface area contributed by atoms with Gasteiger partial charge in [0.25, 0.3) is 0 Å². The average molecular weight is 265 g/mol. The van der Waals surface area contributed by atoms with Crippen molar-refractivity contribution in [2.45, 2.75) is 32.2 Å². The van der Waals surface area contributed by atoms with Crippen LogP contribution in [0.1, 0.15) is 26.2 Å². The lowest BCUT2D eigenvalue weighted by molar-refractivity contribution is -0.137. The fourth-order valence-corrected chi connectivity index (χ4v) is 1.54. The molecule has 0 aliphatic carbocycles. The summed E-state index contributed by atoms with van der Waals surface area (Å²) in [5.41, 5.74) is 0. The van der Waals surface area contributed by atoms with Crippen molar-refractivity contribution in [3.05, 3.63) is 30.3 Å². The van der Waals surface area contributed by atoms with Crippen LogP contribution in [-0.4, -0.2) is 29.6 Å². The van der Waals surface area contributed by atoms with Gasteiger partial charge >= 0.3 is 5.97 Å². The van der Waals surface area contributed by atoms with E-state index in [4.69, 9.17) is 9.84 Å². The van der Waals surface area contributed by atoms with Gasteiger partial charge in [0.05, 0.1) is 13.0 Å². The standard InChI is InChI=1S/C14H19NO4/c1-11(7-8-14(17)18)15-13(16)9-10-19-12-5-3-2-4-6-12/h2-6,11H,7-10H2,1H3,(H,15,16)(H,17,18). The van der Waals surface area contributed by atoms with Crippen LogP contribution < -0.4 is 10.1 Å². The molecule has 1 atom stereocenters. The Labute approximate surface area is 112 Å². The molecule has 1 rings (SSSR count). The van der Waals surface area contributed by atoms with Crippen LogP contribution in [0.2, 0.25) is 0 Å². The highest BCUT2D eigenvalue weighted by Crippen LogP contribution is 2.08. The Morgan fingerprint density at radius 1 is 1.26 bits per heavy atom. The van der Waals surface area contributed by atoms with Crippen LogP contribution in [0.5, 0.6) is 5.75 Å². The van der Waals surface area contributed by atoms with E-state index in [1.165, 1.54) is 0 Å². The number of carboxylic acids is 1. The fourth-order valence-electron chi connectivity index (χ4n) is 1.54. The maximum atomic E-state index is 11.5. The molecule has 0 aliphatic heterocycles. The Hall–Kier alpha value is -2.04. The second-order valence-corrected chi connectivity index (χ2v) is 4.31. The lowest BCUT2D eigenvalue weighted by atomic mass is 10.2. The zero-order valence-corrected chi connectivity index (χ0v) is 11.0. The van der Waals surface area contributed by atoms with Gasteiger partial charge in [-0.3, -0.25) is 9.59 Å². The molecule has 1 aromatic carbocycles. The third-order valence-corrected chi connectivity index (χ3v) is 2.54. The molecule has 0 bridgehead atoms. The zero-order chi connectivity index (χ0) is 14.1. The van der Waals surface area contributed by atoms with E-state index in [0.717, 1.165) is 5.75 Å². The average Bonchev–Trinajstić information content (AvgIpc) is 2.37. The largest absolute Gasteiger partial charge is 0.493 e. The van der Waals surface area contributed by atoms with E-state index in [9.17, 15) is 9.59 Å². The van der Waals surface area contributed by atoms with E-state index in [1.807, 2.05) is 30.3 Å². The topological polar surface area (TPSA) is 75.6 Å². The number of para-hydroxylation sites is 1. The number of benzene rings is 1. The number of nitrogens with one attached hydrogen (secondary N) is 1. The normalized spacial score (nSPS) is 11.6. The van der Waals surface area contributed by atoms with Gasteiger partial charge in [-0.15, -0.1) is 0 Å². The van der Waals surface area contributed by atoms with Crippen LogP contribution in [0.3, 0.4) is 0 Å². The van der Waals surface area contributed by atoms with Crippen LogP contribution in [0.25, 0.3) is 0 Å². The summed E-state index contributed by atoms with van der Waals surface area (Å²) in [4.78, 5) is 21.9. The number of ether oxygens (including phenoxy) is 1. The molecule has 104 valence electrons. The number of aliphatic carboxylic acids is 1. The number of hydrogen-bond donors (Lipinski definition) is 2. The molecule has 2 N–H and O–H groups in total. The van der Waals surface area contributed by atoms with Gasteiger partial charge in [0.15, 0.2) is 0 Å². The first-order chi connectivity index (χ1) is 9.08. The summed E-state index contributed by atoms with van der Waals surface area (Å²) in [5.74, 6) is -0.253. The lowest BCUT2D eigenvalue weighted by Gasteiger charge is -2.13. The van der Waals surface area contributed by atoms with E-state index >= 15 is 0 Å². The molecule has 1 aromatic rings. The predicted molar refractivity (Wildman–Crippen MR) is 71.0 cm³/mol. The van der Waals surface area contributed by atoms with E-state index in [-0.39, 0.29) is 24.8 Å². The Morgan fingerprint density at radius 2 is 1.95 bits per heavy atom. The first-order valence-electron chi connectivity index (χ1n) is 6.27. The predicted octanol–water partition coefficient (Wildman–Crippen LogP) is 1.82. The summed E-state index contributed by atoms with van der Waals surface area (Å²) < 4.78 is 5.40. The number of carbonyl (C=O) groups excluding carboxylic acids is 1. The van der Waals surface area contributed by atoms with Gasteiger partial charge < -0.3 is 15.2 Å². The summed E-state index contributed by atoms with van der Waals surface area (Å²) in [5, 5.41) is 11.3. The van der Waals surface area contributed by atoms with E-state index in [1.54, 1.807) is 6.92 Å². The van der Waals surface area contributed by atoms with Gasteiger partial charge in [-0.1, -0.05) is 18.2 Å². The van der Waals surface area contributed by atoms with Crippen LogP contribution in [-0.2, 0) is 9.59 Å². The minimum Gasteiger partial charge on any atom is -0.493 e. The van der Waals surface area contributed by atoms with Crippen LogP contribution in [0.15, 0.2) is 30.3 Å². The number of carboxylic acid groups (broad SMARTS) is 1. The van der Waals surface area contributed by atoms with Crippen molar-refractivity contribution in [2.75, 3.05) is 6.61 Å². The fraction of sp³-hybridized carbons (Fsp3) is 0.429. The molecule has 0 aromatic heterocycles. The molecule has 0 saturated heterocycles. The summed E-state index contributed by atoms with van der Waals surface area (Å²) in [6.07, 6.45) is 0.745. The van der Waals surface area contributed by atoms with Crippen molar-refractivity contribution in [1.29, 1.82) is 0 Å². The second kappa shape index (κ2) is 8.13. The Kier molecular flexibility index (Phi) is 6.43. The van der Waals surface area contributed by atoms with Gasteiger partial charge in [0.1, 0.15) is 5.75 Å². The first-order valence-corrected chi connectivity index (χ1v) is 6.27. The van der Waals surface area contributed by atoms with Crippen LogP contribution >= 0.6 is 0 Å². The monoisotopic (exact) mass is 265 g/mol. The van der Waals surface area contributed by atoms with Gasteiger partial charge in [0.2, 0.25) is 5.91 Å². The Morgan fingerprint density at radius 3 is 2.58 bits per heavy atom. The molecule has 0 aliphatic rings. The summed E-state index contributed by atoms with van der Waals surface area (Å²) in [7, 11) is 0. The number of hydrogen-bond acceptors (Lipinski definition) is 3. The molecule has 5 heteroatoms. The maximum Gasteiger partial charge on any atom is 0.303 e. The van der Waals surface area contributed by atoms with Gasteiger partial charge in [0, 0.05) is 12.5 Å². The third-order valence-electron chi connectivity index (χ3n) is 2.54. The molecular formula is C14H19NO4. The smallest absolute Gasteiger partial charge is 0.303 e. The number of rotatable bonds is 8. The molecule has 0 fully saturated rings. The quantitative estimate of drug-likeness (QED) is 0.752. The van der Waals surface area contributed by atoms with E-state index in [0.29, 0.717) is 13.0 Å². The van der Waals surface area contributed by atoms with Crippen LogP contribution in [0.4, 0.5) is 0 Å². The highest BCUT2D eigenvalue weighted by molar-refractivity contribution is 5.76. The molecular weight excluding hydrogens is 246 g/mol. The molecule has 0 saturated carbocycles. The van der Waals surface area contributed by atoms with Gasteiger partial charge in [-0.25, -0.2) is 0 Å². The zero-order valence-electron chi connectivity index (χ0n) is 11.0. The summed E-state index contributed by atoms with van der Waals surface area (Å²) >= 11 is 0. The van der Waals surface area contributed by atoms with E-state index < -0.39 is 5.97 Å². The van der Waals surface area contributed by atoms with Crippen molar-refractivity contribution >= 4 is 11.9 Å². The van der Waals surface area contributed by atoms with Crippen molar-refractivity contribution in [1.82, 2.24) is 5.32 Å². The van der Waals surface area contributed by atoms with Gasteiger partial charge in [-0.05, 0) is 25.5 Å². The first kappa shape index (κ1) is 15.0. The van der Waals surface area contributed by atoms with Crippen molar-refractivity contribution in [3.63, 3.8) is 0 Å². The number of amides is 1. The van der Waals surface area contributed by atoms with Gasteiger partial charge in [-0.2, -0.15) is 0 Å². The van der Waals surface area contributed by atoms with E-state index in [2.05, 4.69) is 5.32 Å². The molecule has 1 amide bonds. The van der Waals surface area contributed by atoms with Crippen molar-refractivity contribution < 1.29 is 19.4 Å². The maximum absolute atomic E-state index is 11.5. The number of carbonyl (C=O) groups is 2. The second-order valence-electron chi connectivity index (χ2n) is 4.31. The molecule has 1 unspecified atom stereocenters.